The van der Waals surface area contributed by atoms with E-state index < -0.39 is 6.10 Å². The fourth-order valence-electron chi connectivity index (χ4n) is 2.19. The van der Waals surface area contributed by atoms with Crippen LogP contribution in [-0.4, -0.2) is 35.5 Å². The predicted octanol–water partition coefficient (Wildman–Crippen LogP) is 1.86. The summed E-state index contributed by atoms with van der Waals surface area (Å²) in [5.41, 5.74) is 1.06. The second kappa shape index (κ2) is 7.19. The van der Waals surface area contributed by atoms with Crippen molar-refractivity contribution >= 4 is 11.3 Å². The Balaban J connectivity index is 1.55. The van der Waals surface area contributed by atoms with Gasteiger partial charge in [0, 0.05) is 24.2 Å². The monoisotopic (exact) mass is 270 g/mol. The van der Waals surface area contributed by atoms with Gasteiger partial charge < -0.3 is 15.2 Å². The van der Waals surface area contributed by atoms with Gasteiger partial charge in [0.05, 0.1) is 18.8 Å². The first-order valence-corrected chi connectivity index (χ1v) is 7.53. The first-order chi connectivity index (χ1) is 8.74. The summed E-state index contributed by atoms with van der Waals surface area (Å²) in [6.07, 6.45) is 4.79. The molecule has 0 amide bonds. The number of aliphatic hydroxyl groups excluding tert-OH is 1. The van der Waals surface area contributed by atoms with Gasteiger partial charge in [-0.25, -0.2) is 4.98 Å². The summed E-state index contributed by atoms with van der Waals surface area (Å²) in [5, 5.41) is 16.1. The minimum atomic E-state index is -0.424. The summed E-state index contributed by atoms with van der Waals surface area (Å²) < 4.78 is 5.67. The molecule has 1 aromatic heterocycles. The van der Waals surface area contributed by atoms with Gasteiger partial charge in [-0.05, 0) is 19.8 Å². The number of nitrogens with zero attached hydrogens (tertiary/aromatic N) is 1. The van der Waals surface area contributed by atoms with Crippen LogP contribution in [0.2, 0.25) is 0 Å². The van der Waals surface area contributed by atoms with Crippen LogP contribution >= 0.6 is 11.3 Å². The van der Waals surface area contributed by atoms with Crippen LogP contribution in [0.25, 0.3) is 0 Å². The zero-order chi connectivity index (χ0) is 12.8. The minimum Gasteiger partial charge on any atom is -0.389 e. The third kappa shape index (κ3) is 4.65. The van der Waals surface area contributed by atoms with Crippen molar-refractivity contribution in [3.8, 4) is 0 Å². The molecule has 1 saturated carbocycles. The lowest BCUT2D eigenvalue weighted by molar-refractivity contribution is -0.00550. The van der Waals surface area contributed by atoms with Crippen LogP contribution in [0.1, 0.15) is 36.4 Å². The normalized spacial score (nSPS) is 18.3. The first-order valence-electron chi connectivity index (χ1n) is 6.65. The number of hydrogen-bond donors (Lipinski definition) is 2. The summed E-state index contributed by atoms with van der Waals surface area (Å²) in [5.74, 6) is 0. The second-order valence-corrected chi connectivity index (χ2v) is 5.85. The number of aromatic nitrogens is 1. The summed E-state index contributed by atoms with van der Waals surface area (Å²) in [4.78, 5) is 4.36. The highest BCUT2D eigenvalue weighted by Gasteiger charge is 2.16. The lowest BCUT2D eigenvalue weighted by Gasteiger charge is -2.15. The van der Waals surface area contributed by atoms with Crippen LogP contribution < -0.4 is 5.32 Å². The van der Waals surface area contributed by atoms with E-state index in [1.165, 1.54) is 12.8 Å². The molecular formula is C13H22N2O2S. The Labute approximate surface area is 112 Å². The second-order valence-electron chi connectivity index (χ2n) is 4.91. The molecule has 0 saturated heterocycles. The zero-order valence-corrected chi connectivity index (χ0v) is 11.7. The molecule has 1 fully saturated rings. The van der Waals surface area contributed by atoms with Gasteiger partial charge in [0.1, 0.15) is 5.01 Å². The highest BCUT2D eigenvalue weighted by atomic mass is 32.1. The number of rotatable bonds is 7. The van der Waals surface area contributed by atoms with Crippen molar-refractivity contribution in [2.45, 2.75) is 51.4 Å². The van der Waals surface area contributed by atoms with Crippen molar-refractivity contribution in [2.75, 3.05) is 13.2 Å². The van der Waals surface area contributed by atoms with Crippen LogP contribution in [0.4, 0.5) is 0 Å². The van der Waals surface area contributed by atoms with E-state index in [9.17, 15) is 5.11 Å². The molecule has 2 rings (SSSR count). The standard InChI is InChI=1S/C13H22N2O2S/c1-10-9-18-13(15-10)7-14-6-11(16)8-17-12-4-2-3-5-12/h9,11-12,14,16H,2-8H2,1H3. The van der Waals surface area contributed by atoms with Gasteiger partial charge in [-0.1, -0.05) is 12.8 Å². The van der Waals surface area contributed by atoms with Crippen molar-refractivity contribution in [3.63, 3.8) is 0 Å². The molecule has 0 aromatic carbocycles. The van der Waals surface area contributed by atoms with E-state index in [1.54, 1.807) is 11.3 Å². The van der Waals surface area contributed by atoms with Crippen LogP contribution in [-0.2, 0) is 11.3 Å². The van der Waals surface area contributed by atoms with E-state index in [-0.39, 0.29) is 0 Å². The minimum absolute atomic E-state index is 0.376. The molecule has 5 heteroatoms. The fourth-order valence-corrected chi connectivity index (χ4v) is 2.93. The molecule has 0 bridgehead atoms. The van der Waals surface area contributed by atoms with Gasteiger partial charge in [0.2, 0.25) is 0 Å². The highest BCUT2D eigenvalue weighted by molar-refractivity contribution is 7.09. The number of aryl methyl sites for hydroxylation is 1. The Kier molecular flexibility index (Phi) is 5.56. The van der Waals surface area contributed by atoms with Gasteiger partial charge in [-0.3, -0.25) is 0 Å². The molecule has 102 valence electrons. The largest absolute Gasteiger partial charge is 0.389 e. The average Bonchev–Trinajstić information content (AvgIpc) is 2.98. The van der Waals surface area contributed by atoms with E-state index in [0.29, 0.717) is 19.3 Å². The van der Waals surface area contributed by atoms with Crippen LogP contribution in [0.5, 0.6) is 0 Å². The molecule has 2 N–H and O–H groups in total. The van der Waals surface area contributed by atoms with E-state index in [2.05, 4.69) is 10.3 Å². The van der Waals surface area contributed by atoms with E-state index in [1.807, 2.05) is 12.3 Å². The molecule has 1 heterocycles. The average molecular weight is 270 g/mol. The smallest absolute Gasteiger partial charge is 0.107 e. The van der Waals surface area contributed by atoms with Gasteiger partial charge in [0.15, 0.2) is 0 Å². The SMILES string of the molecule is Cc1csc(CNCC(O)COC2CCCC2)n1. The maximum atomic E-state index is 9.79. The van der Waals surface area contributed by atoms with Gasteiger partial charge in [-0.2, -0.15) is 0 Å². The molecule has 1 atom stereocenters. The predicted molar refractivity (Wildman–Crippen MR) is 72.8 cm³/mol. The summed E-state index contributed by atoms with van der Waals surface area (Å²) >= 11 is 1.65. The van der Waals surface area contributed by atoms with Gasteiger partial charge >= 0.3 is 0 Å². The third-order valence-electron chi connectivity index (χ3n) is 3.15. The zero-order valence-electron chi connectivity index (χ0n) is 10.9. The Morgan fingerprint density at radius 1 is 1.56 bits per heavy atom. The number of hydrogen-bond acceptors (Lipinski definition) is 5. The van der Waals surface area contributed by atoms with Gasteiger partial charge in [-0.15, -0.1) is 11.3 Å². The first kappa shape index (κ1) is 13.9. The number of aliphatic hydroxyl groups is 1. The van der Waals surface area contributed by atoms with Crippen LogP contribution in [0, 0.1) is 6.92 Å². The Morgan fingerprint density at radius 2 is 2.33 bits per heavy atom. The van der Waals surface area contributed by atoms with Crippen molar-refractivity contribution in [2.24, 2.45) is 0 Å². The van der Waals surface area contributed by atoms with Gasteiger partial charge in [0.25, 0.3) is 0 Å². The quantitative estimate of drug-likeness (QED) is 0.794. The van der Waals surface area contributed by atoms with E-state index in [0.717, 1.165) is 30.1 Å². The van der Waals surface area contributed by atoms with E-state index in [4.69, 9.17) is 4.74 Å². The fraction of sp³-hybridized carbons (Fsp3) is 0.769. The number of nitrogens with one attached hydrogen (secondary N) is 1. The molecule has 4 nitrogen and oxygen atoms in total. The molecule has 1 aliphatic rings. The van der Waals surface area contributed by atoms with E-state index >= 15 is 0 Å². The Bertz CT molecular complexity index is 351. The molecule has 1 unspecified atom stereocenters. The Morgan fingerprint density at radius 3 is 3.00 bits per heavy atom. The highest BCUT2D eigenvalue weighted by Crippen LogP contribution is 2.20. The van der Waals surface area contributed by atoms with Crippen molar-refractivity contribution in [3.05, 3.63) is 16.1 Å². The molecular weight excluding hydrogens is 248 g/mol. The number of thiazole rings is 1. The molecule has 1 aromatic rings. The maximum Gasteiger partial charge on any atom is 0.107 e. The lowest BCUT2D eigenvalue weighted by atomic mass is 10.3. The summed E-state index contributed by atoms with van der Waals surface area (Å²) in [6, 6.07) is 0. The summed E-state index contributed by atoms with van der Waals surface area (Å²) in [7, 11) is 0. The third-order valence-corrected chi connectivity index (χ3v) is 4.12. The molecule has 0 spiro atoms. The molecule has 1 aliphatic carbocycles. The molecule has 18 heavy (non-hydrogen) atoms. The van der Waals surface area contributed by atoms with Crippen molar-refractivity contribution in [1.82, 2.24) is 10.3 Å². The van der Waals surface area contributed by atoms with Crippen molar-refractivity contribution in [1.29, 1.82) is 0 Å². The molecule has 0 aliphatic heterocycles. The molecule has 0 radical (unpaired) electrons. The van der Waals surface area contributed by atoms with Crippen LogP contribution in [0.15, 0.2) is 5.38 Å². The van der Waals surface area contributed by atoms with Crippen molar-refractivity contribution < 1.29 is 9.84 Å². The lowest BCUT2D eigenvalue weighted by Crippen LogP contribution is -2.31. The van der Waals surface area contributed by atoms with Crippen LogP contribution in [0.3, 0.4) is 0 Å². The Hall–Kier alpha value is -0.490. The maximum absolute atomic E-state index is 9.79. The number of ether oxygens (including phenoxy) is 1. The summed E-state index contributed by atoms with van der Waals surface area (Å²) in [6.45, 7) is 3.71. The topological polar surface area (TPSA) is 54.4 Å².